The van der Waals surface area contributed by atoms with E-state index < -0.39 is 11.5 Å². The average Bonchev–Trinajstić information content (AvgIpc) is 3.13. The molecule has 34 heavy (non-hydrogen) atoms. The van der Waals surface area contributed by atoms with E-state index in [-0.39, 0.29) is 18.5 Å². The molecule has 0 spiro atoms. The Balaban J connectivity index is 1.72. The van der Waals surface area contributed by atoms with Gasteiger partial charge in [0.25, 0.3) is 5.91 Å². The van der Waals surface area contributed by atoms with Crippen molar-refractivity contribution < 1.29 is 14.3 Å². The van der Waals surface area contributed by atoms with Crippen molar-refractivity contribution in [1.82, 2.24) is 5.01 Å². The minimum atomic E-state index is -1.17. The molecule has 1 amide bonds. The van der Waals surface area contributed by atoms with Crippen LogP contribution in [-0.4, -0.2) is 29.5 Å². The fourth-order valence-corrected chi connectivity index (χ4v) is 4.98. The highest BCUT2D eigenvalue weighted by atomic mass is 16.5. The van der Waals surface area contributed by atoms with Gasteiger partial charge in [0.05, 0.1) is 24.0 Å². The van der Waals surface area contributed by atoms with Gasteiger partial charge >= 0.3 is 5.97 Å². The third-order valence-corrected chi connectivity index (χ3v) is 6.57. The Bertz CT molecular complexity index is 1270. The van der Waals surface area contributed by atoms with E-state index in [9.17, 15) is 9.59 Å². The minimum absolute atomic E-state index is 0.236. The van der Waals surface area contributed by atoms with Crippen LogP contribution in [0.4, 0.5) is 5.69 Å². The summed E-state index contributed by atoms with van der Waals surface area (Å²) in [7, 11) is 0. The van der Waals surface area contributed by atoms with Gasteiger partial charge < -0.3 is 4.74 Å². The molecule has 2 heterocycles. The van der Waals surface area contributed by atoms with Gasteiger partial charge in [0.2, 0.25) is 0 Å². The molecule has 0 N–H and O–H groups in total. The summed E-state index contributed by atoms with van der Waals surface area (Å²) < 4.78 is 5.64. The minimum Gasteiger partial charge on any atom is -0.465 e. The van der Waals surface area contributed by atoms with Gasteiger partial charge in [-0.3, -0.25) is 14.6 Å². The van der Waals surface area contributed by atoms with Crippen molar-refractivity contribution >= 4 is 23.6 Å². The maximum Gasteiger partial charge on any atom is 0.321 e. The molecule has 5 nitrogen and oxygen atoms in total. The van der Waals surface area contributed by atoms with Crippen molar-refractivity contribution in [3.8, 4) is 0 Å². The highest BCUT2D eigenvalue weighted by Crippen LogP contribution is 2.52. The molecule has 0 bridgehead atoms. The number of hydrogen-bond donors (Lipinski definition) is 0. The number of fused-ring (bicyclic) bond motifs is 3. The Morgan fingerprint density at radius 1 is 0.941 bits per heavy atom. The lowest BCUT2D eigenvalue weighted by Crippen LogP contribution is -2.49. The molecule has 1 saturated heterocycles. The van der Waals surface area contributed by atoms with Crippen LogP contribution in [0.2, 0.25) is 0 Å². The van der Waals surface area contributed by atoms with E-state index in [1.807, 2.05) is 90.0 Å². The second-order valence-corrected chi connectivity index (χ2v) is 8.49. The molecule has 2 atom stereocenters. The first-order valence-corrected chi connectivity index (χ1v) is 11.4. The van der Waals surface area contributed by atoms with Gasteiger partial charge in [-0.05, 0) is 42.7 Å². The van der Waals surface area contributed by atoms with Crippen LogP contribution in [0.1, 0.15) is 28.4 Å². The maximum absolute atomic E-state index is 13.9. The Hall–Kier alpha value is -4.12. The summed E-state index contributed by atoms with van der Waals surface area (Å²) >= 11 is 0. The number of amides is 1. The van der Waals surface area contributed by atoms with Crippen LogP contribution < -0.4 is 5.01 Å². The van der Waals surface area contributed by atoms with Gasteiger partial charge in [-0.25, -0.2) is 5.01 Å². The molecule has 5 heteroatoms. The predicted octanol–water partition coefficient (Wildman–Crippen LogP) is 5.27. The lowest BCUT2D eigenvalue weighted by Gasteiger charge is -2.37. The summed E-state index contributed by atoms with van der Waals surface area (Å²) in [6.45, 7) is 6.39. The van der Waals surface area contributed by atoms with Gasteiger partial charge in [0.15, 0.2) is 0 Å². The number of rotatable bonds is 5. The normalized spacial score (nSPS) is 20.6. The second-order valence-electron chi connectivity index (χ2n) is 8.49. The summed E-state index contributed by atoms with van der Waals surface area (Å²) in [4.78, 5) is 27.7. The van der Waals surface area contributed by atoms with Gasteiger partial charge in [0.1, 0.15) is 5.41 Å². The molecular weight excluding hydrogens is 424 g/mol. The zero-order valence-electron chi connectivity index (χ0n) is 19.1. The van der Waals surface area contributed by atoms with Gasteiger partial charge in [-0.15, -0.1) is 0 Å². The van der Waals surface area contributed by atoms with Gasteiger partial charge in [-0.2, -0.15) is 0 Å². The van der Waals surface area contributed by atoms with Crippen molar-refractivity contribution in [2.45, 2.75) is 19.4 Å². The third-order valence-electron chi connectivity index (χ3n) is 6.57. The topological polar surface area (TPSA) is 49.9 Å². The Labute approximate surface area is 199 Å². The SMILES string of the molecule is C=C1N(C(=O)c2ccccc2)N2c3ccccc3C=C[C@@H]2[C@]1(Cc1ccccc1)C(=O)OCC. The molecular formula is C29H26N2O3. The van der Waals surface area contributed by atoms with Crippen LogP contribution in [0.5, 0.6) is 0 Å². The first kappa shape index (κ1) is 21.7. The molecule has 0 unspecified atom stereocenters. The first-order valence-electron chi connectivity index (χ1n) is 11.4. The number of nitrogens with zero attached hydrogens (tertiary/aromatic N) is 2. The molecule has 0 aliphatic carbocycles. The highest BCUT2D eigenvalue weighted by molar-refractivity contribution is 6.00. The van der Waals surface area contributed by atoms with Crippen molar-refractivity contribution in [3.05, 3.63) is 120 Å². The van der Waals surface area contributed by atoms with E-state index >= 15 is 0 Å². The second kappa shape index (κ2) is 8.67. The molecule has 0 aromatic heterocycles. The smallest absolute Gasteiger partial charge is 0.321 e. The number of anilines is 1. The predicted molar refractivity (Wildman–Crippen MR) is 133 cm³/mol. The van der Waals surface area contributed by atoms with Crippen LogP contribution in [0, 0.1) is 5.41 Å². The average molecular weight is 451 g/mol. The lowest BCUT2D eigenvalue weighted by molar-refractivity contribution is -0.153. The molecule has 2 aliphatic heterocycles. The Morgan fingerprint density at radius 3 is 2.29 bits per heavy atom. The van der Waals surface area contributed by atoms with Crippen LogP contribution in [0.3, 0.4) is 0 Å². The van der Waals surface area contributed by atoms with E-state index in [0.29, 0.717) is 17.7 Å². The number of hydrazine groups is 1. The number of para-hydroxylation sites is 1. The molecule has 0 saturated carbocycles. The Kier molecular flexibility index (Phi) is 5.54. The number of carbonyl (C=O) groups excluding carboxylic acids is 2. The molecule has 1 fully saturated rings. The first-order chi connectivity index (χ1) is 16.6. The fraction of sp³-hybridized carbons (Fsp3) is 0.172. The number of benzene rings is 3. The molecule has 170 valence electrons. The molecule has 2 aliphatic rings. The molecule has 5 rings (SSSR count). The van der Waals surface area contributed by atoms with Crippen molar-refractivity contribution in [2.75, 3.05) is 11.6 Å². The van der Waals surface area contributed by atoms with Crippen LogP contribution >= 0.6 is 0 Å². The van der Waals surface area contributed by atoms with E-state index in [0.717, 1.165) is 16.8 Å². The Morgan fingerprint density at radius 2 is 1.59 bits per heavy atom. The summed E-state index contributed by atoms with van der Waals surface area (Å²) in [6, 6.07) is 26.3. The zero-order chi connectivity index (χ0) is 23.7. The van der Waals surface area contributed by atoms with Crippen LogP contribution in [-0.2, 0) is 16.0 Å². The highest BCUT2D eigenvalue weighted by Gasteiger charge is 2.61. The lowest BCUT2D eigenvalue weighted by atomic mass is 9.73. The van der Waals surface area contributed by atoms with Crippen molar-refractivity contribution in [3.63, 3.8) is 0 Å². The fourth-order valence-electron chi connectivity index (χ4n) is 4.98. The molecule has 3 aromatic carbocycles. The van der Waals surface area contributed by atoms with E-state index in [4.69, 9.17) is 4.74 Å². The van der Waals surface area contributed by atoms with E-state index in [2.05, 4.69) is 6.58 Å². The number of esters is 1. The molecule has 3 aromatic rings. The van der Waals surface area contributed by atoms with Gasteiger partial charge in [0, 0.05) is 5.56 Å². The summed E-state index contributed by atoms with van der Waals surface area (Å²) in [5.74, 6) is -0.619. The summed E-state index contributed by atoms with van der Waals surface area (Å²) in [6.07, 6.45) is 4.36. The molecule has 0 radical (unpaired) electrons. The zero-order valence-corrected chi connectivity index (χ0v) is 19.1. The maximum atomic E-state index is 13.9. The number of carbonyl (C=O) groups is 2. The van der Waals surface area contributed by atoms with Crippen molar-refractivity contribution in [1.29, 1.82) is 0 Å². The van der Waals surface area contributed by atoms with E-state index in [1.165, 1.54) is 0 Å². The van der Waals surface area contributed by atoms with Crippen LogP contribution in [0.15, 0.2) is 103 Å². The van der Waals surface area contributed by atoms with Crippen molar-refractivity contribution in [2.24, 2.45) is 5.41 Å². The number of ether oxygens (including phenoxy) is 1. The van der Waals surface area contributed by atoms with E-state index in [1.54, 1.807) is 24.1 Å². The summed E-state index contributed by atoms with van der Waals surface area (Å²) in [5, 5.41) is 3.48. The monoisotopic (exact) mass is 450 g/mol. The summed E-state index contributed by atoms with van der Waals surface area (Å²) in [5.41, 5.74) is 2.55. The number of hydrogen-bond acceptors (Lipinski definition) is 4. The third kappa shape index (κ3) is 3.32. The standard InChI is InChI=1S/C29H26N2O3/c1-3-34-28(33)29(20-22-12-6-4-7-13-22)21(2)30(27(32)24-15-8-5-9-16-24)31-25-17-11-10-14-23(25)18-19-26(29)31/h4-19,26H,2-3,20H2,1H3/t26-,29-/m1/s1. The quantitative estimate of drug-likeness (QED) is 0.497. The van der Waals surface area contributed by atoms with Crippen LogP contribution in [0.25, 0.3) is 6.08 Å². The largest absolute Gasteiger partial charge is 0.465 e. The van der Waals surface area contributed by atoms with Gasteiger partial charge in [-0.1, -0.05) is 85.5 Å².